The highest BCUT2D eigenvalue weighted by molar-refractivity contribution is 6.33. The summed E-state index contributed by atoms with van der Waals surface area (Å²) < 4.78 is 10.4. The van der Waals surface area contributed by atoms with Gasteiger partial charge in [-0.3, -0.25) is 9.59 Å². The molecule has 136 valence electrons. The maximum absolute atomic E-state index is 12.2. The Morgan fingerprint density at radius 1 is 1.12 bits per heavy atom. The first kappa shape index (κ1) is 17.9. The van der Waals surface area contributed by atoms with E-state index in [-0.39, 0.29) is 25.2 Å². The third-order valence-corrected chi connectivity index (χ3v) is 4.06. The van der Waals surface area contributed by atoms with Crippen LogP contribution in [0.25, 0.3) is 0 Å². The van der Waals surface area contributed by atoms with Gasteiger partial charge in [-0.15, -0.1) is 0 Å². The summed E-state index contributed by atoms with van der Waals surface area (Å²) >= 11 is 6.18. The molecule has 2 N–H and O–H groups in total. The molecule has 0 saturated carbocycles. The van der Waals surface area contributed by atoms with Crippen molar-refractivity contribution in [3.05, 3.63) is 47.0 Å². The van der Waals surface area contributed by atoms with Gasteiger partial charge >= 0.3 is 0 Å². The number of nitrogens with zero attached hydrogens (tertiary/aromatic N) is 1. The Morgan fingerprint density at radius 3 is 2.62 bits per heavy atom. The summed E-state index contributed by atoms with van der Waals surface area (Å²) in [7, 11) is 3.76. The maximum atomic E-state index is 12.2. The Bertz CT molecular complexity index is 854. The normalized spacial score (nSPS) is 11.8. The van der Waals surface area contributed by atoms with Crippen molar-refractivity contribution in [1.29, 1.82) is 0 Å². The third-order valence-electron chi connectivity index (χ3n) is 3.76. The Morgan fingerprint density at radius 2 is 1.88 bits per heavy atom. The first-order chi connectivity index (χ1) is 12.4. The SMILES string of the molecule is CN(C)c1ccc(NC(=O)CNC(=O)c2ccc3c(c2)OCO3)cc1Cl. The van der Waals surface area contributed by atoms with E-state index in [1.807, 2.05) is 25.1 Å². The summed E-state index contributed by atoms with van der Waals surface area (Å²) in [5, 5.41) is 5.79. The molecule has 26 heavy (non-hydrogen) atoms. The number of rotatable bonds is 5. The van der Waals surface area contributed by atoms with Crippen LogP contribution in [0.1, 0.15) is 10.4 Å². The molecule has 1 aliphatic heterocycles. The average Bonchev–Trinajstić information content (AvgIpc) is 3.07. The molecule has 7 nitrogen and oxygen atoms in total. The van der Waals surface area contributed by atoms with Crippen LogP contribution in [-0.4, -0.2) is 39.2 Å². The molecule has 0 bridgehead atoms. The molecule has 2 aromatic carbocycles. The van der Waals surface area contributed by atoms with Crippen LogP contribution in [0.5, 0.6) is 11.5 Å². The fourth-order valence-corrected chi connectivity index (χ4v) is 2.80. The van der Waals surface area contributed by atoms with Gasteiger partial charge in [-0.2, -0.15) is 0 Å². The lowest BCUT2D eigenvalue weighted by Crippen LogP contribution is -2.32. The second-order valence-corrected chi connectivity index (χ2v) is 6.27. The first-order valence-electron chi connectivity index (χ1n) is 7.88. The Labute approximate surface area is 155 Å². The number of hydrogen-bond acceptors (Lipinski definition) is 5. The molecule has 0 radical (unpaired) electrons. The summed E-state index contributed by atoms with van der Waals surface area (Å²) in [6, 6.07) is 10.1. The number of nitrogens with one attached hydrogen (secondary N) is 2. The van der Waals surface area contributed by atoms with Crippen molar-refractivity contribution in [2.24, 2.45) is 0 Å². The number of halogens is 1. The van der Waals surface area contributed by atoms with Gasteiger partial charge in [0.2, 0.25) is 12.7 Å². The van der Waals surface area contributed by atoms with E-state index in [0.717, 1.165) is 5.69 Å². The number of anilines is 2. The molecule has 0 aliphatic carbocycles. The lowest BCUT2D eigenvalue weighted by Gasteiger charge is -2.15. The topological polar surface area (TPSA) is 79.9 Å². The molecular formula is C18H18ClN3O4. The van der Waals surface area contributed by atoms with Gasteiger partial charge in [0.25, 0.3) is 5.91 Å². The highest BCUT2D eigenvalue weighted by atomic mass is 35.5. The number of hydrogen-bond donors (Lipinski definition) is 2. The zero-order valence-electron chi connectivity index (χ0n) is 14.3. The molecule has 0 unspecified atom stereocenters. The molecule has 1 heterocycles. The van der Waals surface area contributed by atoms with E-state index in [4.69, 9.17) is 21.1 Å². The first-order valence-corrected chi connectivity index (χ1v) is 8.26. The number of amides is 2. The molecule has 0 atom stereocenters. The van der Waals surface area contributed by atoms with Crippen LogP contribution >= 0.6 is 11.6 Å². The van der Waals surface area contributed by atoms with E-state index in [0.29, 0.717) is 27.8 Å². The zero-order chi connectivity index (χ0) is 18.7. The summed E-state index contributed by atoms with van der Waals surface area (Å²) in [5.74, 6) is 0.377. The predicted molar refractivity (Wildman–Crippen MR) is 99.3 cm³/mol. The molecule has 0 fully saturated rings. The van der Waals surface area contributed by atoms with Crippen molar-refractivity contribution >= 4 is 34.8 Å². The largest absolute Gasteiger partial charge is 0.454 e. The molecule has 0 spiro atoms. The minimum Gasteiger partial charge on any atom is -0.454 e. The van der Waals surface area contributed by atoms with Gasteiger partial charge in [0.05, 0.1) is 17.3 Å². The summed E-state index contributed by atoms with van der Waals surface area (Å²) in [6.45, 7) is -0.0295. The minimum absolute atomic E-state index is 0.137. The second-order valence-electron chi connectivity index (χ2n) is 5.86. The Hall–Kier alpha value is -2.93. The van der Waals surface area contributed by atoms with Gasteiger partial charge in [-0.1, -0.05) is 11.6 Å². The van der Waals surface area contributed by atoms with Gasteiger partial charge < -0.3 is 25.0 Å². The predicted octanol–water partition coefficient (Wildman–Crippen LogP) is 2.50. The van der Waals surface area contributed by atoms with Crippen LogP contribution in [0, 0.1) is 0 Å². The van der Waals surface area contributed by atoms with Crippen LogP contribution in [0.2, 0.25) is 5.02 Å². The van der Waals surface area contributed by atoms with Crippen LogP contribution < -0.4 is 25.0 Å². The maximum Gasteiger partial charge on any atom is 0.251 e. The number of carbonyl (C=O) groups excluding carboxylic acids is 2. The van der Waals surface area contributed by atoms with Gasteiger partial charge in [0.1, 0.15) is 0 Å². The molecule has 8 heteroatoms. The number of fused-ring (bicyclic) bond motifs is 1. The van der Waals surface area contributed by atoms with Crippen molar-refractivity contribution in [3.63, 3.8) is 0 Å². The standard InChI is InChI=1S/C18H18ClN3O4/c1-22(2)14-5-4-12(8-13(14)19)21-17(23)9-20-18(24)11-3-6-15-16(7-11)26-10-25-15/h3-8H,9-10H2,1-2H3,(H,20,24)(H,21,23). The van der Waals surface area contributed by atoms with Crippen LogP contribution in [0.4, 0.5) is 11.4 Å². The van der Waals surface area contributed by atoms with Crippen LogP contribution in [0.3, 0.4) is 0 Å². The van der Waals surface area contributed by atoms with Crippen molar-refractivity contribution < 1.29 is 19.1 Å². The zero-order valence-corrected chi connectivity index (χ0v) is 15.1. The van der Waals surface area contributed by atoms with Gasteiger partial charge in [0, 0.05) is 25.3 Å². The smallest absolute Gasteiger partial charge is 0.251 e. The highest BCUT2D eigenvalue weighted by Gasteiger charge is 2.16. The van der Waals surface area contributed by atoms with Crippen LogP contribution in [0.15, 0.2) is 36.4 Å². The highest BCUT2D eigenvalue weighted by Crippen LogP contribution is 2.32. The molecule has 1 aliphatic rings. The lowest BCUT2D eigenvalue weighted by molar-refractivity contribution is -0.115. The molecular weight excluding hydrogens is 358 g/mol. The van der Waals surface area contributed by atoms with E-state index < -0.39 is 0 Å². The molecule has 0 saturated heterocycles. The monoisotopic (exact) mass is 375 g/mol. The van der Waals surface area contributed by atoms with E-state index in [1.165, 1.54) is 0 Å². The van der Waals surface area contributed by atoms with Crippen molar-refractivity contribution in [1.82, 2.24) is 5.32 Å². The average molecular weight is 376 g/mol. The number of ether oxygens (including phenoxy) is 2. The summed E-state index contributed by atoms with van der Waals surface area (Å²) in [6.07, 6.45) is 0. The number of carbonyl (C=O) groups is 2. The number of benzene rings is 2. The molecule has 2 amide bonds. The Balaban J connectivity index is 1.55. The van der Waals surface area contributed by atoms with Crippen molar-refractivity contribution in [3.8, 4) is 11.5 Å². The van der Waals surface area contributed by atoms with Gasteiger partial charge in [-0.25, -0.2) is 0 Å². The van der Waals surface area contributed by atoms with Crippen LogP contribution in [-0.2, 0) is 4.79 Å². The van der Waals surface area contributed by atoms with Crippen molar-refractivity contribution in [2.45, 2.75) is 0 Å². The van der Waals surface area contributed by atoms with Gasteiger partial charge in [0.15, 0.2) is 11.5 Å². The summed E-state index contributed by atoms with van der Waals surface area (Å²) in [5.41, 5.74) is 1.80. The van der Waals surface area contributed by atoms with E-state index in [9.17, 15) is 9.59 Å². The van der Waals surface area contributed by atoms with E-state index in [2.05, 4.69) is 10.6 Å². The van der Waals surface area contributed by atoms with Gasteiger partial charge in [-0.05, 0) is 36.4 Å². The third kappa shape index (κ3) is 4.00. The lowest BCUT2D eigenvalue weighted by atomic mass is 10.2. The summed E-state index contributed by atoms with van der Waals surface area (Å²) in [4.78, 5) is 26.1. The molecule has 3 rings (SSSR count). The second kappa shape index (κ2) is 7.53. The molecule has 0 aromatic heterocycles. The quantitative estimate of drug-likeness (QED) is 0.839. The minimum atomic E-state index is -0.376. The fourth-order valence-electron chi connectivity index (χ4n) is 2.45. The van der Waals surface area contributed by atoms with Crippen molar-refractivity contribution in [2.75, 3.05) is 37.6 Å². The van der Waals surface area contributed by atoms with E-state index in [1.54, 1.807) is 30.3 Å². The Kier molecular flexibility index (Phi) is 5.18. The fraction of sp³-hybridized carbons (Fsp3) is 0.222. The molecule has 2 aromatic rings. The van der Waals surface area contributed by atoms with E-state index >= 15 is 0 Å².